The molecule has 0 unspecified atom stereocenters. The van der Waals surface area contributed by atoms with Crippen LogP contribution in [0.2, 0.25) is 0 Å². The summed E-state index contributed by atoms with van der Waals surface area (Å²) >= 11 is 0. The summed E-state index contributed by atoms with van der Waals surface area (Å²) in [6.07, 6.45) is -0.0822. The zero-order valence-electron chi connectivity index (χ0n) is 13.8. The number of benzene rings is 1. The van der Waals surface area contributed by atoms with E-state index < -0.39 is 0 Å². The number of hydrogen-bond acceptors (Lipinski definition) is 3. The standard InChI is InChI=1S/C17H26N2O2.ClH/c1-12-5-7-14(8-6-12)17(3,4)11-19-16(20)15-13(2)21-10-9-18-15;/h5-8,13,15,18H,9-11H2,1-4H3,(H,19,20);1H/t13-,15+;/m1./s1. The Kier molecular flexibility index (Phi) is 6.85. The Bertz CT molecular complexity index is 488. The number of nitrogens with one attached hydrogen (secondary N) is 2. The maximum atomic E-state index is 12.3. The molecule has 0 bridgehead atoms. The van der Waals surface area contributed by atoms with E-state index in [0.717, 1.165) is 6.54 Å². The molecule has 0 aromatic heterocycles. The molecule has 1 aromatic rings. The first-order valence-electron chi connectivity index (χ1n) is 7.60. The summed E-state index contributed by atoms with van der Waals surface area (Å²) in [5.41, 5.74) is 2.38. The van der Waals surface area contributed by atoms with E-state index >= 15 is 0 Å². The minimum atomic E-state index is -0.257. The molecular weight excluding hydrogens is 300 g/mol. The van der Waals surface area contributed by atoms with Crippen LogP contribution in [0.25, 0.3) is 0 Å². The van der Waals surface area contributed by atoms with Gasteiger partial charge in [0.1, 0.15) is 6.04 Å². The average molecular weight is 327 g/mol. The molecule has 2 N–H and O–H groups in total. The third kappa shape index (κ3) is 4.70. The molecule has 1 heterocycles. The van der Waals surface area contributed by atoms with Crippen molar-refractivity contribution < 1.29 is 9.53 Å². The first-order valence-corrected chi connectivity index (χ1v) is 7.60. The van der Waals surface area contributed by atoms with Crippen LogP contribution in [0, 0.1) is 6.92 Å². The number of halogens is 1. The molecule has 1 amide bonds. The average Bonchev–Trinajstić information content (AvgIpc) is 2.46. The lowest BCUT2D eigenvalue weighted by Gasteiger charge is -2.31. The normalized spacial score (nSPS) is 21.8. The molecule has 1 fully saturated rings. The lowest BCUT2D eigenvalue weighted by molar-refractivity contribution is -0.129. The molecule has 1 aliphatic rings. The van der Waals surface area contributed by atoms with Crippen molar-refractivity contribution in [2.75, 3.05) is 19.7 Å². The summed E-state index contributed by atoms with van der Waals surface area (Å²) in [6, 6.07) is 8.22. The maximum absolute atomic E-state index is 12.3. The highest BCUT2D eigenvalue weighted by atomic mass is 35.5. The van der Waals surface area contributed by atoms with Gasteiger partial charge in [-0.3, -0.25) is 4.79 Å². The van der Waals surface area contributed by atoms with Crippen LogP contribution in [0.4, 0.5) is 0 Å². The van der Waals surface area contributed by atoms with E-state index in [1.807, 2.05) is 6.92 Å². The zero-order valence-corrected chi connectivity index (χ0v) is 14.6. The predicted octanol–water partition coefficient (Wildman–Crippen LogP) is 2.19. The van der Waals surface area contributed by atoms with Gasteiger partial charge < -0.3 is 15.4 Å². The number of hydrogen-bond donors (Lipinski definition) is 2. The van der Waals surface area contributed by atoms with E-state index in [-0.39, 0.29) is 35.9 Å². The van der Waals surface area contributed by atoms with Crippen molar-refractivity contribution in [2.45, 2.75) is 45.3 Å². The van der Waals surface area contributed by atoms with E-state index in [2.05, 4.69) is 55.7 Å². The van der Waals surface area contributed by atoms with Crippen LogP contribution in [0.1, 0.15) is 31.9 Å². The summed E-state index contributed by atoms with van der Waals surface area (Å²) < 4.78 is 5.52. The molecule has 124 valence electrons. The van der Waals surface area contributed by atoms with Gasteiger partial charge in [0.2, 0.25) is 5.91 Å². The molecule has 0 aliphatic carbocycles. The van der Waals surface area contributed by atoms with Gasteiger partial charge in [-0.05, 0) is 19.4 Å². The smallest absolute Gasteiger partial charge is 0.239 e. The maximum Gasteiger partial charge on any atom is 0.239 e. The second-order valence-electron chi connectivity index (χ2n) is 6.48. The Morgan fingerprint density at radius 2 is 2.00 bits per heavy atom. The molecular formula is C17H27ClN2O2. The fourth-order valence-electron chi connectivity index (χ4n) is 2.55. The largest absolute Gasteiger partial charge is 0.375 e. The predicted molar refractivity (Wildman–Crippen MR) is 91.7 cm³/mol. The number of rotatable bonds is 4. The number of carbonyl (C=O) groups is 1. The van der Waals surface area contributed by atoms with Crippen LogP contribution < -0.4 is 10.6 Å². The minimum Gasteiger partial charge on any atom is -0.375 e. The lowest BCUT2D eigenvalue weighted by atomic mass is 9.84. The van der Waals surface area contributed by atoms with Gasteiger partial charge in [-0.1, -0.05) is 43.7 Å². The second kappa shape index (κ2) is 7.95. The molecule has 0 spiro atoms. The SMILES string of the molecule is Cc1ccc(C(C)(C)CNC(=O)[C@H]2NCCO[C@@H]2C)cc1.Cl. The Balaban J connectivity index is 0.00000242. The van der Waals surface area contributed by atoms with Crippen LogP contribution in [0.3, 0.4) is 0 Å². The van der Waals surface area contributed by atoms with Gasteiger partial charge in [0, 0.05) is 18.5 Å². The topological polar surface area (TPSA) is 50.4 Å². The van der Waals surface area contributed by atoms with Gasteiger partial charge in [0.05, 0.1) is 12.7 Å². The van der Waals surface area contributed by atoms with Crippen LogP contribution in [-0.4, -0.2) is 37.7 Å². The van der Waals surface area contributed by atoms with Gasteiger partial charge in [-0.15, -0.1) is 12.4 Å². The first kappa shape index (κ1) is 18.9. The van der Waals surface area contributed by atoms with Gasteiger partial charge in [0.15, 0.2) is 0 Å². The minimum absolute atomic E-state index is 0. The van der Waals surface area contributed by atoms with Crippen LogP contribution in [-0.2, 0) is 14.9 Å². The number of amides is 1. The molecule has 1 aromatic carbocycles. The van der Waals surface area contributed by atoms with Crippen molar-refractivity contribution >= 4 is 18.3 Å². The van der Waals surface area contributed by atoms with E-state index in [9.17, 15) is 4.79 Å². The molecule has 1 aliphatic heterocycles. The Hall–Kier alpha value is -1.10. The van der Waals surface area contributed by atoms with Gasteiger partial charge in [0.25, 0.3) is 0 Å². The van der Waals surface area contributed by atoms with Crippen molar-refractivity contribution in [2.24, 2.45) is 0 Å². The van der Waals surface area contributed by atoms with Crippen molar-refractivity contribution in [3.63, 3.8) is 0 Å². The van der Waals surface area contributed by atoms with Gasteiger partial charge >= 0.3 is 0 Å². The van der Waals surface area contributed by atoms with Gasteiger partial charge in [-0.25, -0.2) is 0 Å². The number of aryl methyl sites for hydroxylation is 1. The summed E-state index contributed by atoms with van der Waals surface area (Å²) in [5, 5.41) is 6.27. The first-order chi connectivity index (χ1) is 9.90. The molecule has 22 heavy (non-hydrogen) atoms. The third-order valence-electron chi connectivity index (χ3n) is 4.14. The summed E-state index contributed by atoms with van der Waals surface area (Å²) in [5.74, 6) is 0.0161. The molecule has 2 atom stereocenters. The number of ether oxygens (including phenoxy) is 1. The number of carbonyl (C=O) groups excluding carboxylic acids is 1. The quantitative estimate of drug-likeness (QED) is 0.891. The van der Waals surface area contributed by atoms with Crippen molar-refractivity contribution in [1.82, 2.24) is 10.6 Å². The molecule has 0 radical (unpaired) electrons. The lowest BCUT2D eigenvalue weighted by Crippen LogP contribution is -2.56. The van der Waals surface area contributed by atoms with Crippen molar-refractivity contribution in [1.29, 1.82) is 0 Å². The summed E-state index contributed by atoms with van der Waals surface area (Å²) in [6.45, 7) is 10.3. The van der Waals surface area contributed by atoms with Crippen LogP contribution in [0.5, 0.6) is 0 Å². The molecule has 4 nitrogen and oxygen atoms in total. The summed E-state index contributed by atoms with van der Waals surface area (Å²) in [4.78, 5) is 12.3. The van der Waals surface area contributed by atoms with Crippen molar-refractivity contribution in [3.8, 4) is 0 Å². The highest BCUT2D eigenvalue weighted by Gasteiger charge is 2.29. The zero-order chi connectivity index (χ0) is 15.5. The molecule has 5 heteroatoms. The third-order valence-corrected chi connectivity index (χ3v) is 4.14. The van der Waals surface area contributed by atoms with E-state index in [1.165, 1.54) is 11.1 Å². The fraction of sp³-hybridized carbons (Fsp3) is 0.588. The Labute approximate surface area is 139 Å². The second-order valence-corrected chi connectivity index (χ2v) is 6.48. The van der Waals surface area contributed by atoms with E-state index in [0.29, 0.717) is 13.2 Å². The molecule has 2 rings (SSSR count). The number of morpholine rings is 1. The van der Waals surface area contributed by atoms with E-state index in [1.54, 1.807) is 0 Å². The van der Waals surface area contributed by atoms with Crippen LogP contribution >= 0.6 is 12.4 Å². The molecule has 1 saturated heterocycles. The highest BCUT2D eigenvalue weighted by molar-refractivity contribution is 5.85. The van der Waals surface area contributed by atoms with Crippen LogP contribution in [0.15, 0.2) is 24.3 Å². The van der Waals surface area contributed by atoms with Gasteiger partial charge in [-0.2, -0.15) is 0 Å². The Morgan fingerprint density at radius 3 is 2.59 bits per heavy atom. The molecule has 0 saturated carbocycles. The highest BCUT2D eigenvalue weighted by Crippen LogP contribution is 2.22. The Morgan fingerprint density at radius 1 is 1.36 bits per heavy atom. The fourth-order valence-corrected chi connectivity index (χ4v) is 2.55. The van der Waals surface area contributed by atoms with E-state index in [4.69, 9.17) is 4.74 Å². The monoisotopic (exact) mass is 326 g/mol. The van der Waals surface area contributed by atoms with Crippen molar-refractivity contribution in [3.05, 3.63) is 35.4 Å². The summed E-state index contributed by atoms with van der Waals surface area (Å²) in [7, 11) is 0.